The summed E-state index contributed by atoms with van der Waals surface area (Å²) >= 11 is 7.87. The highest BCUT2D eigenvalue weighted by Crippen LogP contribution is 2.35. The van der Waals surface area contributed by atoms with Gasteiger partial charge in [-0.15, -0.1) is 11.3 Å². The molecule has 5 nitrogen and oxygen atoms in total. The Morgan fingerprint density at radius 3 is 2.92 bits per heavy atom. The van der Waals surface area contributed by atoms with E-state index in [9.17, 15) is 4.79 Å². The van der Waals surface area contributed by atoms with Gasteiger partial charge in [-0.05, 0) is 24.3 Å². The van der Waals surface area contributed by atoms with Crippen molar-refractivity contribution in [2.24, 2.45) is 0 Å². The van der Waals surface area contributed by atoms with Gasteiger partial charge in [0.2, 0.25) is 5.76 Å². The summed E-state index contributed by atoms with van der Waals surface area (Å²) in [5.41, 5.74) is 0. The van der Waals surface area contributed by atoms with Crippen LogP contribution in [0.4, 0.5) is 0 Å². The molecule has 0 saturated heterocycles. The molecular formula is C18H13ClN2O3S. The Hall–Kier alpha value is -2.57. The van der Waals surface area contributed by atoms with Gasteiger partial charge in [0.05, 0.1) is 16.4 Å². The second-order valence-corrected chi connectivity index (χ2v) is 6.90. The molecule has 126 valence electrons. The number of carbonyl (C=O) groups excluding carboxylic acids is 1. The van der Waals surface area contributed by atoms with Gasteiger partial charge >= 0.3 is 5.97 Å². The molecule has 0 amide bonds. The highest BCUT2D eigenvalue weighted by molar-refractivity contribution is 7.19. The minimum absolute atomic E-state index is 0.117. The summed E-state index contributed by atoms with van der Waals surface area (Å²) in [5, 5.41) is 5.70. The fraction of sp³-hybridized carbons (Fsp3) is 0.111. The number of fused-ring (bicyclic) bond motifs is 1. The average Bonchev–Trinajstić information content (AvgIpc) is 3.35. The molecule has 25 heavy (non-hydrogen) atoms. The van der Waals surface area contributed by atoms with Crippen LogP contribution < -0.4 is 0 Å². The Bertz CT molecular complexity index is 1020. The smallest absolute Gasteiger partial charge is 0.374 e. The molecule has 0 spiro atoms. The normalized spacial score (nSPS) is 11.1. The Labute approximate surface area is 152 Å². The molecule has 0 N–H and O–H groups in total. The third-order valence-corrected chi connectivity index (χ3v) is 5.36. The summed E-state index contributed by atoms with van der Waals surface area (Å²) in [4.78, 5) is 13.0. The minimum Gasteiger partial charge on any atom is -0.454 e. The zero-order valence-corrected chi connectivity index (χ0v) is 14.6. The summed E-state index contributed by atoms with van der Waals surface area (Å²) in [7, 11) is 0. The number of hydrogen-bond acceptors (Lipinski definition) is 5. The standard InChI is InChI=1S/C18H13ClN2O3S/c19-17-13-4-1-2-5-15(13)25-16(17)11-23-18(22)14-7-6-12(24-14)10-21-9-3-8-20-21/h1-9H,10-11H2. The first-order valence-electron chi connectivity index (χ1n) is 7.60. The number of esters is 1. The van der Waals surface area contributed by atoms with Gasteiger partial charge in [-0.1, -0.05) is 29.8 Å². The number of halogens is 1. The van der Waals surface area contributed by atoms with Crippen molar-refractivity contribution in [1.82, 2.24) is 9.78 Å². The van der Waals surface area contributed by atoms with Crippen molar-refractivity contribution < 1.29 is 13.9 Å². The van der Waals surface area contributed by atoms with Gasteiger partial charge in [0.25, 0.3) is 0 Å². The van der Waals surface area contributed by atoms with Crippen LogP contribution in [0.1, 0.15) is 21.2 Å². The lowest BCUT2D eigenvalue weighted by Crippen LogP contribution is -2.03. The predicted molar refractivity (Wildman–Crippen MR) is 96.0 cm³/mol. The molecule has 1 aromatic carbocycles. The van der Waals surface area contributed by atoms with Gasteiger partial charge in [-0.25, -0.2) is 4.79 Å². The molecule has 0 bridgehead atoms. The Morgan fingerprint density at radius 2 is 2.12 bits per heavy atom. The molecule has 0 unspecified atom stereocenters. The van der Waals surface area contributed by atoms with Crippen molar-refractivity contribution in [2.75, 3.05) is 0 Å². The first-order chi connectivity index (χ1) is 12.2. The van der Waals surface area contributed by atoms with Crippen molar-refractivity contribution >= 4 is 39.0 Å². The number of rotatable bonds is 5. The van der Waals surface area contributed by atoms with Gasteiger partial charge in [-0.3, -0.25) is 4.68 Å². The van der Waals surface area contributed by atoms with E-state index in [-0.39, 0.29) is 12.4 Å². The van der Waals surface area contributed by atoms with Gasteiger partial charge in [-0.2, -0.15) is 5.10 Å². The second-order valence-electron chi connectivity index (χ2n) is 5.38. The second kappa shape index (κ2) is 6.74. The van der Waals surface area contributed by atoms with E-state index in [0.717, 1.165) is 15.0 Å². The van der Waals surface area contributed by atoms with Crippen LogP contribution in [0.2, 0.25) is 5.02 Å². The van der Waals surface area contributed by atoms with Gasteiger partial charge < -0.3 is 9.15 Å². The average molecular weight is 373 g/mol. The van der Waals surface area contributed by atoms with Crippen molar-refractivity contribution in [3.8, 4) is 0 Å². The Morgan fingerprint density at radius 1 is 1.24 bits per heavy atom. The lowest BCUT2D eigenvalue weighted by Gasteiger charge is -2.02. The first kappa shape index (κ1) is 15.9. The van der Waals surface area contributed by atoms with Crippen molar-refractivity contribution in [1.29, 1.82) is 0 Å². The molecule has 0 aliphatic carbocycles. The number of aromatic nitrogens is 2. The molecule has 3 aromatic heterocycles. The first-order valence-corrected chi connectivity index (χ1v) is 8.79. The number of thiophene rings is 1. The summed E-state index contributed by atoms with van der Waals surface area (Å²) in [5.74, 6) is 0.287. The largest absolute Gasteiger partial charge is 0.454 e. The molecule has 0 aliphatic rings. The summed E-state index contributed by atoms with van der Waals surface area (Å²) in [6, 6.07) is 13.0. The van der Waals surface area contributed by atoms with Crippen LogP contribution in [0.25, 0.3) is 10.1 Å². The van der Waals surface area contributed by atoms with Crippen LogP contribution in [0.5, 0.6) is 0 Å². The highest BCUT2D eigenvalue weighted by atomic mass is 35.5. The molecule has 4 aromatic rings. The fourth-order valence-corrected chi connectivity index (χ4v) is 3.89. The summed E-state index contributed by atoms with van der Waals surface area (Å²) in [6.45, 7) is 0.578. The van der Waals surface area contributed by atoms with Crippen LogP contribution in [0.15, 0.2) is 59.3 Å². The third-order valence-electron chi connectivity index (χ3n) is 3.68. The van der Waals surface area contributed by atoms with Crippen molar-refractivity contribution in [3.05, 3.63) is 76.3 Å². The summed E-state index contributed by atoms with van der Waals surface area (Å²) in [6.07, 6.45) is 3.51. The van der Waals surface area contributed by atoms with E-state index in [2.05, 4.69) is 5.10 Å². The number of ether oxygens (including phenoxy) is 1. The van der Waals surface area contributed by atoms with E-state index in [1.54, 1.807) is 23.0 Å². The summed E-state index contributed by atoms with van der Waals surface area (Å²) < 4.78 is 13.7. The molecule has 0 fully saturated rings. The van der Waals surface area contributed by atoms with Crippen LogP contribution in [-0.2, 0) is 17.9 Å². The van der Waals surface area contributed by atoms with E-state index >= 15 is 0 Å². The van der Waals surface area contributed by atoms with Crippen LogP contribution >= 0.6 is 22.9 Å². The van der Waals surface area contributed by atoms with Crippen molar-refractivity contribution in [2.45, 2.75) is 13.2 Å². The van der Waals surface area contributed by atoms with E-state index in [0.29, 0.717) is 17.3 Å². The van der Waals surface area contributed by atoms with Gasteiger partial charge in [0.1, 0.15) is 12.4 Å². The topological polar surface area (TPSA) is 57.3 Å². The quantitative estimate of drug-likeness (QED) is 0.474. The molecule has 0 radical (unpaired) electrons. The molecule has 3 heterocycles. The van der Waals surface area contributed by atoms with Crippen LogP contribution in [0, 0.1) is 0 Å². The number of nitrogens with zero attached hydrogens (tertiary/aromatic N) is 2. The number of benzene rings is 1. The van der Waals surface area contributed by atoms with Crippen LogP contribution in [0.3, 0.4) is 0 Å². The lowest BCUT2D eigenvalue weighted by molar-refractivity contribution is 0.0438. The zero-order chi connectivity index (χ0) is 17.2. The number of carbonyl (C=O) groups is 1. The number of hydrogen-bond donors (Lipinski definition) is 0. The Kier molecular flexibility index (Phi) is 4.29. The van der Waals surface area contributed by atoms with Gasteiger partial charge in [0, 0.05) is 22.5 Å². The maximum Gasteiger partial charge on any atom is 0.374 e. The highest BCUT2D eigenvalue weighted by Gasteiger charge is 2.16. The lowest BCUT2D eigenvalue weighted by atomic mass is 10.2. The third kappa shape index (κ3) is 3.31. The van der Waals surface area contributed by atoms with E-state index in [4.69, 9.17) is 20.8 Å². The Balaban J connectivity index is 1.43. The van der Waals surface area contributed by atoms with E-state index in [1.165, 1.54) is 11.3 Å². The van der Waals surface area contributed by atoms with Crippen LogP contribution in [-0.4, -0.2) is 15.7 Å². The molecule has 0 atom stereocenters. The van der Waals surface area contributed by atoms with Gasteiger partial charge in [0.15, 0.2) is 0 Å². The molecule has 4 rings (SSSR count). The molecule has 0 aliphatic heterocycles. The molecule has 0 saturated carbocycles. The van der Waals surface area contributed by atoms with E-state index < -0.39 is 5.97 Å². The minimum atomic E-state index is -0.514. The molecular weight excluding hydrogens is 360 g/mol. The predicted octanol–water partition coefficient (Wildman–Crippen LogP) is 4.75. The SMILES string of the molecule is O=C(OCc1sc2ccccc2c1Cl)c1ccc(Cn2cccn2)o1. The zero-order valence-electron chi connectivity index (χ0n) is 13.0. The number of furan rings is 1. The monoisotopic (exact) mass is 372 g/mol. The fourth-order valence-electron chi connectivity index (χ4n) is 2.49. The molecule has 7 heteroatoms. The maximum absolute atomic E-state index is 12.2. The maximum atomic E-state index is 12.2. The van der Waals surface area contributed by atoms with E-state index in [1.807, 2.05) is 36.5 Å². The van der Waals surface area contributed by atoms with Crippen molar-refractivity contribution in [3.63, 3.8) is 0 Å².